The summed E-state index contributed by atoms with van der Waals surface area (Å²) in [4.78, 5) is 15.5. The first-order valence-corrected chi connectivity index (χ1v) is 5.25. The number of rotatable bonds is 3. The van der Waals surface area contributed by atoms with Crippen molar-refractivity contribution in [1.82, 2.24) is 4.98 Å². The molecule has 4 nitrogen and oxygen atoms in total. The molecule has 0 bridgehead atoms. The Kier molecular flexibility index (Phi) is 3.52. The van der Waals surface area contributed by atoms with Crippen LogP contribution in [0.1, 0.15) is 10.4 Å². The number of hydrogen-bond donors (Lipinski definition) is 1. The second kappa shape index (κ2) is 5.27. The van der Waals surface area contributed by atoms with Crippen molar-refractivity contribution in [2.45, 2.75) is 0 Å². The summed E-state index contributed by atoms with van der Waals surface area (Å²) in [7, 11) is 1.31. The highest BCUT2D eigenvalue weighted by Gasteiger charge is 2.11. The van der Waals surface area contributed by atoms with Crippen LogP contribution in [-0.4, -0.2) is 18.1 Å². The average molecular weight is 246 g/mol. The van der Waals surface area contributed by atoms with Gasteiger partial charge in [-0.15, -0.1) is 0 Å². The van der Waals surface area contributed by atoms with Crippen molar-refractivity contribution < 1.29 is 13.9 Å². The van der Waals surface area contributed by atoms with Crippen molar-refractivity contribution in [2.75, 3.05) is 12.4 Å². The van der Waals surface area contributed by atoms with Crippen molar-refractivity contribution in [1.29, 1.82) is 0 Å². The number of nitrogens with one attached hydrogen (secondary N) is 1. The molecule has 0 fully saturated rings. The van der Waals surface area contributed by atoms with Gasteiger partial charge in [-0.2, -0.15) is 0 Å². The fourth-order valence-electron chi connectivity index (χ4n) is 1.47. The maximum Gasteiger partial charge on any atom is 0.340 e. The zero-order chi connectivity index (χ0) is 13.0. The molecule has 0 aliphatic heterocycles. The van der Waals surface area contributed by atoms with E-state index >= 15 is 0 Å². The Morgan fingerprint density at radius 1 is 1.28 bits per heavy atom. The molecule has 2 rings (SSSR count). The second-order valence-electron chi connectivity index (χ2n) is 3.54. The number of carbonyl (C=O) groups excluding carboxylic acids is 1. The third-order valence-electron chi connectivity index (χ3n) is 2.35. The lowest BCUT2D eigenvalue weighted by atomic mass is 10.2. The number of halogens is 1. The number of aromatic nitrogens is 1. The third-order valence-corrected chi connectivity index (χ3v) is 2.35. The molecule has 0 saturated heterocycles. The number of pyridine rings is 1. The predicted molar refractivity (Wildman–Crippen MR) is 65.3 cm³/mol. The van der Waals surface area contributed by atoms with Gasteiger partial charge < -0.3 is 10.1 Å². The molecule has 0 radical (unpaired) electrons. The van der Waals surface area contributed by atoms with Crippen LogP contribution in [0.2, 0.25) is 0 Å². The first kappa shape index (κ1) is 12.0. The summed E-state index contributed by atoms with van der Waals surface area (Å²) < 4.78 is 17.4. The van der Waals surface area contributed by atoms with E-state index in [0.29, 0.717) is 16.9 Å². The lowest BCUT2D eigenvalue weighted by molar-refractivity contribution is 0.0602. The Labute approximate surface area is 103 Å². The Balaban J connectivity index is 2.28. The first-order valence-electron chi connectivity index (χ1n) is 5.25. The minimum atomic E-state index is -0.456. The maximum absolute atomic E-state index is 12.8. The van der Waals surface area contributed by atoms with Gasteiger partial charge >= 0.3 is 5.97 Å². The molecule has 1 N–H and O–H groups in total. The van der Waals surface area contributed by atoms with Crippen molar-refractivity contribution >= 4 is 17.3 Å². The molecule has 18 heavy (non-hydrogen) atoms. The molecule has 0 spiro atoms. The number of ether oxygens (including phenoxy) is 1. The van der Waals surface area contributed by atoms with E-state index in [1.807, 2.05) is 0 Å². The zero-order valence-electron chi connectivity index (χ0n) is 9.68. The molecule has 2 aromatic rings. The molecule has 1 aromatic carbocycles. The molecule has 5 heteroatoms. The quantitative estimate of drug-likeness (QED) is 0.846. The highest BCUT2D eigenvalue weighted by atomic mass is 19.1. The van der Waals surface area contributed by atoms with Crippen LogP contribution in [0, 0.1) is 5.82 Å². The van der Waals surface area contributed by atoms with Gasteiger partial charge in [0, 0.05) is 11.9 Å². The van der Waals surface area contributed by atoms with Crippen molar-refractivity contribution in [3.63, 3.8) is 0 Å². The molecule has 1 heterocycles. The van der Waals surface area contributed by atoms with Crippen LogP contribution < -0.4 is 5.32 Å². The fraction of sp³-hybridized carbons (Fsp3) is 0.0769. The fourth-order valence-corrected chi connectivity index (χ4v) is 1.47. The van der Waals surface area contributed by atoms with Crippen LogP contribution in [0.5, 0.6) is 0 Å². The average Bonchev–Trinajstić information content (AvgIpc) is 2.41. The number of methoxy groups -OCH3 is 1. The molecular formula is C13H11FN2O2. The van der Waals surface area contributed by atoms with E-state index in [2.05, 4.69) is 15.0 Å². The largest absolute Gasteiger partial charge is 0.465 e. The van der Waals surface area contributed by atoms with E-state index in [-0.39, 0.29) is 5.82 Å². The number of hydrogen-bond acceptors (Lipinski definition) is 4. The number of esters is 1. The summed E-state index contributed by atoms with van der Waals surface area (Å²) in [5, 5.41) is 2.98. The van der Waals surface area contributed by atoms with Gasteiger partial charge in [0.05, 0.1) is 24.6 Å². The highest BCUT2D eigenvalue weighted by molar-refractivity contribution is 5.96. The van der Waals surface area contributed by atoms with E-state index in [4.69, 9.17) is 0 Å². The standard InChI is InChI=1S/C13H11FN2O2/c1-18-13(17)11-6-7-15-8-12(11)16-10-4-2-9(14)3-5-10/h2-8,16H,1H3. The number of benzene rings is 1. The topological polar surface area (TPSA) is 51.2 Å². The Bertz CT molecular complexity index is 555. The highest BCUT2D eigenvalue weighted by Crippen LogP contribution is 2.20. The van der Waals surface area contributed by atoms with E-state index in [1.54, 1.807) is 18.2 Å². The van der Waals surface area contributed by atoms with Gasteiger partial charge in [-0.1, -0.05) is 0 Å². The van der Waals surface area contributed by atoms with E-state index in [9.17, 15) is 9.18 Å². The number of carbonyl (C=O) groups is 1. The zero-order valence-corrected chi connectivity index (χ0v) is 9.68. The van der Waals surface area contributed by atoms with E-state index < -0.39 is 5.97 Å². The van der Waals surface area contributed by atoms with Crippen molar-refractivity contribution in [3.05, 3.63) is 54.1 Å². The van der Waals surface area contributed by atoms with Crippen molar-refractivity contribution in [3.8, 4) is 0 Å². The molecule has 0 amide bonds. The molecular weight excluding hydrogens is 235 g/mol. The summed E-state index contributed by atoms with van der Waals surface area (Å²) in [5.41, 5.74) is 1.54. The minimum Gasteiger partial charge on any atom is -0.465 e. The summed E-state index contributed by atoms with van der Waals surface area (Å²) in [6.45, 7) is 0. The number of nitrogens with zero attached hydrogens (tertiary/aromatic N) is 1. The maximum atomic E-state index is 12.8. The van der Waals surface area contributed by atoms with Crippen LogP contribution in [-0.2, 0) is 4.74 Å². The molecule has 0 saturated carbocycles. The molecule has 0 atom stereocenters. The van der Waals surface area contributed by atoms with Crippen LogP contribution in [0.25, 0.3) is 0 Å². The Morgan fingerprint density at radius 3 is 2.67 bits per heavy atom. The Morgan fingerprint density at radius 2 is 2.00 bits per heavy atom. The minimum absolute atomic E-state index is 0.320. The van der Waals surface area contributed by atoms with Gasteiger partial charge in [0.15, 0.2) is 0 Å². The lowest BCUT2D eigenvalue weighted by Crippen LogP contribution is -2.05. The summed E-state index contributed by atoms with van der Waals surface area (Å²) >= 11 is 0. The van der Waals surface area contributed by atoms with Gasteiger partial charge in [-0.3, -0.25) is 4.98 Å². The molecule has 0 aliphatic rings. The molecule has 1 aromatic heterocycles. The van der Waals surface area contributed by atoms with Crippen LogP contribution in [0.4, 0.5) is 15.8 Å². The third kappa shape index (κ3) is 2.63. The SMILES string of the molecule is COC(=O)c1ccncc1Nc1ccc(F)cc1. The molecule has 92 valence electrons. The van der Waals surface area contributed by atoms with Gasteiger partial charge in [0.1, 0.15) is 5.82 Å². The van der Waals surface area contributed by atoms with Crippen LogP contribution in [0.3, 0.4) is 0 Å². The summed E-state index contributed by atoms with van der Waals surface area (Å²) in [6, 6.07) is 7.36. The normalized spacial score (nSPS) is 9.89. The van der Waals surface area contributed by atoms with Gasteiger partial charge in [0.2, 0.25) is 0 Å². The number of anilines is 2. The smallest absolute Gasteiger partial charge is 0.340 e. The summed E-state index contributed by atoms with van der Waals surface area (Å²) in [5.74, 6) is -0.776. The van der Waals surface area contributed by atoms with E-state index in [0.717, 1.165) is 0 Å². The molecule has 0 aliphatic carbocycles. The van der Waals surface area contributed by atoms with E-state index in [1.165, 1.54) is 31.6 Å². The van der Waals surface area contributed by atoms with Gasteiger partial charge in [-0.25, -0.2) is 9.18 Å². The monoisotopic (exact) mass is 246 g/mol. The Hall–Kier alpha value is -2.43. The van der Waals surface area contributed by atoms with Crippen LogP contribution in [0.15, 0.2) is 42.7 Å². The molecule has 0 unspecified atom stereocenters. The van der Waals surface area contributed by atoms with Crippen LogP contribution >= 0.6 is 0 Å². The predicted octanol–water partition coefficient (Wildman–Crippen LogP) is 2.75. The summed E-state index contributed by atoms with van der Waals surface area (Å²) in [6.07, 6.45) is 3.01. The van der Waals surface area contributed by atoms with Gasteiger partial charge in [0.25, 0.3) is 0 Å². The van der Waals surface area contributed by atoms with Gasteiger partial charge in [-0.05, 0) is 30.3 Å². The lowest BCUT2D eigenvalue weighted by Gasteiger charge is -2.09. The second-order valence-corrected chi connectivity index (χ2v) is 3.54. The van der Waals surface area contributed by atoms with Crippen molar-refractivity contribution in [2.24, 2.45) is 0 Å². The first-order chi connectivity index (χ1) is 8.70.